The molecule has 22 heavy (non-hydrogen) atoms. The van der Waals surface area contributed by atoms with Gasteiger partial charge in [-0.2, -0.15) is 0 Å². The molecule has 118 valence electrons. The number of ether oxygens (including phenoxy) is 3. The summed E-state index contributed by atoms with van der Waals surface area (Å²) in [7, 11) is 0. The molecule has 0 aromatic rings. The van der Waals surface area contributed by atoms with E-state index in [-0.39, 0.29) is 13.2 Å². The van der Waals surface area contributed by atoms with Crippen LogP contribution in [-0.2, 0) is 33.4 Å². The summed E-state index contributed by atoms with van der Waals surface area (Å²) in [6.45, 7) is -0.374. The molecule has 8 heteroatoms. The first-order valence-electron chi connectivity index (χ1n) is 6.03. The molecule has 0 saturated heterocycles. The zero-order valence-corrected chi connectivity index (χ0v) is 11.8. The number of hydrogen-bond donors (Lipinski definition) is 1. The Morgan fingerprint density at radius 2 is 1.64 bits per heavy atom. The number of carbonyl (C=O) groups is 4. The summed E-state index contributed by atoms with van der Waals surface area (Å²) in [5.74, 6) is 5.81. The Hall–Kier alpha value is -2.84. The van der Waals surface area contributed by atoms with Gasteiger partial charge >= 0.3 is 17.9 Å². The van der Waals surface area contributed by atoms with Gasteiger partial charge in [0.15, 0.2) is 12.4 Å². The van der Waals surface area contributed by atoms with Crippen LogP contribution in [0, 0.1) is 23.7 Å². The number of rotatable bonds is 8. The lowest BCUT2D eigenvalue weighted by atomic mass is 10.3. The minimum atomic E-state index is -0.970. The number of hydrogen-bond acceptors (Lipinski definition) is 8. The van der Waals surface area contributed by atoms with E-state index in [9.17, 15) is 19.2 Å². The van der Waals surface area contributed by atoms with Gasteiger partial charge < -0.3 is 19.3 Å². The number of aliphatic hydroxyl groups is 1. The minimum absolute atomic E-state index is 0.216. The summed E-state index contributed by atoms with van der Waals surface area (Å²) < 4.78 is 13.5. The maximum Gasteiger partial charge on any atom is 0.385 e. The minimum Gasteiger partial charge on any atom is -0.462 e. The molecule has 0 aliphatic rings. The highest BCUT2D eigenvalue weighted by Gasteiger charge is 2.13. The van der Waals surface area contributed by atoms with Gasteiger partial charge in [-0.1, -0.05) is 5.92 Å². The van der Waals surface area contributed by atoms with Crippen LogP contribution >= 0.6 is 0 Å². The third-order valence-electron chi connectivity index (χ3n) is 1.80. The van der Waals surface area contributed by atoms with Crippen molar-refractivity contribution in [1.29, 1.82) is 0 Å². The highest BCUT2D eigenvalue weighted by Crippen LogP contribution is 1.91. The van der Waals surface area contributed by atoms with Crippen molar-refractivity contribution in [2.45, 2.75) is 13.3 Å². The molecule has 0 aliphatic carbocycles. The molecule has 0 rings (SSSR count). The van der Waals surface area contributed by atoms with E-state index in [1.54, 1.807) is 6.92 Å². The van der Waals surface area contributed by atoms with Gasteiger partial charge in [0.05, 0.1) is 0 Å². The summed E-state index contributed by atoms with van der Waals surface area (Å²) in [4.78, 5) is 43.9. The zero-order chi connectivity index (χ0) is 16.8. The molecule has 0 aromatic carbocycles. The normalized spacial score (nSPS) is 8.45. The van der Waals surface area contributed by atoms with E-state index >= 15 is 0 Å². The smallest absolute Gasteiger partial charge is 0.385 e. The van der Waals surface area contributed by atoms with Crippen molar-refractivity contribution in [3.8, 4) is 23.7 Å². The highest BCUT2D eigenvalue weighted by atomic mass is 16.6. The zero-order valence-electron chi connectivity index (χ0n) is 11.8. The Kier molecular flexibility index (Phi) is 10.4. The van der Waals surface area contributed by atoms with Crippen LogP contribution in [0.25, 0.3) is 0 Å². The molecular formula is C14H14O8. The predicted molar refractivity (Wildman–Crippen MR) is 70.8 cm³/mol. The van der Waals surface area contributed by atoms with Crippen molar-refractivity contribution < 1.29 is 38.5 Å². The highest BCUT2D eigenvalue weighted by molar-refractivity contribution is 5.96. The van der Waals surface area contributed by atoms with Gasteiger partial charge in [0.25, 0.3) is 0 Å². The van der Waals surface area contributed by atoms with Crippen molar-refractivity contribution in [3.63, 3.8) is 0 Å². The standard InChI is InChI=1S/C14H14O8/c1-2-3-4-5-12(17)20-6-7-21-13(18)8-11(16)10-22-14(19)9-15/h15H,6-10H2,1H3. The molecule has 0 fully saturated rings. The Balaban J connectivity index is 3.79. The van der Waals surface area contributed by atoms with E-state index in [0.717, 1.165) is 0 Å². The lowest BCUT2D eigenvalue weighted by Gasteiger charge is -2.04. The molecule has 0 spiro atoms. The van der Waals surface area contributed by atoms with E-state index in [4.69, 9.17) is 5.11 Å². The average Bonchev–Trinajstić information content (AvgIpc) is 2.49. The first-order valence-corrected chi connectivity index (χ1v) is 6.03. The summed E-state index contributed by atoms with van der Waals surface area (Å²) in [5, 5.41) is 8.35. The SMILES string of the molecule is CC#CC#CC(=O)OCCOC(=O)CC(=O)COC(=O)CO. The van der Waals surface area contributed by atoms with Crippen molar-refractivity contribution in [1.82, 2.24) is 0 Å². The molecule has 8 nitrogen and oxygen atoms in total. The molecule has 0 radical (unpaired) electrons. The predicted octanol–water partition coefficient (Wildman–Crippen LogP) is -1.41. The first-order chi connectivity index (χ1) is 10.5. The molecule has 0 aromatic heterocycles. The van der Waals surface area contributed by atoms with Crippen LogP contribution in [0.2, 0.25) is 0 Å². The lowest BCUT2D eigenvalue weighted by Crippen LogP contribution is -2.20. The van der Waals surface area contributed by atoms with Gasteiger partial charge in [0, 0.05) is 5.92 Å². The molecule has 0 amide bonds. The van der Waals surface area contributed by atoms with Gasteiger partial charge in [0.2, 0.25) is 0 Å². The largest absolute Gasteiger partial charge is 0.462 e. The van der Waals surface area contributed by atoms with Gasteiger partial charge in [0.1, 0.15) is 26.2 Å². The van der Waals surface area contributed by atoms with E-state index in [1.165, 1.54) is 0 Å². The summed E-state index contributed by atoms with van der Waals surface area (Å²) in [6, 6.07) is 0. The van der Waals surface area contributed by atoms with Gasteiger partial charge in [-0.3, -0.25) is 9.59 Å². The number of esters is 3. The average molecular weight is 310 g/mol. The summed E-state index contributed by atoms with van der Waals surface area (Å²) in [6.07, 6.45) is -0.599. The Morgan fingerprint density at radius 3 is 2.27 bits per heavy atom. The van der Waals surface area contributed by atoms with Crippen LogP contribution in [0.5, 0.6) is 0 Å². The van der Waals surface area contributed by atoms with E-state index in [1.807, 2.05) is 0 Å². The molecule has 0 heterocycles. The number of aliphatic hydroxyl groups excluding tert-OH is 1. The fourth-order valence-electron chi connectivity index (χ4n) is 0.940. The van der Waals surface area contributed by atoms with Gasteiger partial charge in [-0.15, -0.1) is 0 Å². The quantitative estimate of drug-likeness (QED) is 0.145. The van der Waals surface area contributed by atoms with Crippen molar-refractivity contribution in [2.75, 3.05) is 26.4 Å². The second kappa shape index (κ2) is 11.9. The van der Waals surface area contributed by atoms with Crippen LogP contribution < -0.4 is 0 Å². The van der Waals surface area contributed by atoms with Crippen LogP contribution in [-0.4, -0.2) is 55.2 Å². The topological polar surface area (TPSA) is 116 Å². The molecule has 0 bridgehead atoms. The maximum atomic E-state index is 11.2. The Labute approximate surface area is 126 Å². The van der Waals surface area contributed by atoms with Crippen molar-refractivity contribution >= 4 is 23.7 Å². The molecule has 0 atom stereocenters. The Bertz CT molecular complexity index is 541. The molecule has 0 aliphatic heterocycles. The maximum absolute atomic E-state index is 11.2. The molecule has 0 unspecified atom stereocenters. The molecule has 0 saturated carbocycles. The summed E-state index contributed by atoms with van der Waals surface area (Å²) in [5.41, 5.74) is 0. The van der Waals surface area contributed by atoms with Crippen molar-refractivity contribution in [3.05, 3.63) is 0 Å². The fraction of sp³-hybridized carbons (Fsp3) is 0.429. The lowest BCUT2D eigenvalue weighted by molar-refractivity contribution is -0.155. The van der Waals surface area contributed by atoms with Crippen LogP contribution in [0.15, 0.2) is 0 Å². The van der Waals surface area contributed by atoms with Gasteiger partial charge in [-0.05, 0) is 18.8 Å². The first kappa shape index (κ1) is 19.2. The second-order valence-electron chi connectivity index (χ2n) is 3.52. The summed E-state index contributed by atoms with van der Waals surface area (Å²) >= 11 is 0. The number of carbonyl (C=O) groups excluding carboxylic acids is 4. The number of Topliss-reactive ketones (excluding diaryl/α,β-unsaturated/α-hetero) is 1. The molecular weight excluding hydrogens is 296 g/mol. The molecule has 1 N–H and O–H groups in total. The third-order valence-corrected chi connectivity index (χ3v) is 1.80. The number of ketones is 1. The van der Waals surface area contributed by atoms with Crippen LogP contribution in [0.4, 0.5) is 0 Å². The van der Waals surface area contributed by atoms with Crippen molar-refractivity contribution in [2.24, 2.45) is 0 Å². The van der Waals surface area contributed by atoms with E-state index in [2.05, 4.69) is 37.9 Å². The second-order valence-corrected chi connectivity index (χ2v) is 3.52. The third kappa shape index (κ3) is 11.0. The van der Waals surface area contributed by atoms with Gasteiger partial charge in [-0.25, -0.2) is 9.59 Å². The van der Waals surface area contributed by atoms with Crippen LogP contribution in [0.1, 0.15) is 13.3 Å². The van der Waals surface area contributed by atoms with E-state index in [0.29, 0.717) is 0 Å². The fourth-order valence-corrected chi connectivity index (χ4v) is 0.940. The monoisotopic (exact) mass is 310 g/mol. The van der Waals surface area contributed by atoms with E-state index < -0.39 is 43.3 Å². The Morgan fingerprint density at radius 1 is 0.955 bits per heavy atom. The van der Waals surface area contributed by atoms with Crippen LogP contribution in [0.3, 0.4) is 0 Å².